The van der Waals surface area contributed by atoms with Crippen LogP contribution in [0, 0.1) is 25.6 Å². The highest BCUT2D eigenvalue weighted by Crippen LogP contribution is 2.30. The summed E-state index contributed by atoms with van der Waals surface area (Å²) < 4.78 is 46.9. The minimum Gasteiger partial charge on any atom is -0.355 e. The third kappa shape index (κ3) is 5.63. The van der Waals surface area contributed by atoms with Crippen molar-refractivity contribution in [1.82, 2.24) is 9.46 Å². The molecule has 10 heteroatoms. The number of halogens is 2. The lowest BCUT2D eigenvalue weighted by atomic mass is 9.97. The van der Waals surface area contributed by atoms with Gasteiger partial charge < -0.3 is 9.84 Å². The molecular formula is C25H25ClFN3O4S. The van der Waals surface area contributed by atoms with E-state index < -0.39 is 15.8 Å². The summed E-state index contributed by atoms with van der Waals surface area (Å²) in [5.41, 5.74) is 2.70. The molecule has 0 bridgehead atoms. The van der Waals surface area contributed by atoms with E-state index in [1.807, 2.05) is 31.2 Å². The van der Waals surface area contributed by atoms with E-state index in [1.165, 1.54) is 22.5 Å². The maximum absolute atomic E-state index is 13.4. The third-order valence-electron chi connectivity index (χ3n) is 5.95. The first-order chi connectivity index (χ1) is 16.6. The smallest absolute Gasteiger partial charge is 0.248 e. The SMILES string of the molecule is Cc1ccc(/C=C/c2onc(C)c2S(=O)(=O)N2CCC(C(=O)Nc3ccc(F)c(Cl)c3)CC2)cc1. The fourth-order valence-corrected chi connectivity index (χ4v) is 5.85. The van der Waals surface area contributed by atoms with Gasteiger partial charge in [0.1, 0.15) is 11.5 Å². The lowest BCUT2D eigenvalue weighted by Gasteiger charge is -2.30. The fourth-order valence-electron chi connectivity index (χ4n) is 3.95. The van der Waals surface area contributed by atoms with E-state index >= 15 is 0 Å². The molecule has 1 saturated heterocycles. The highest BCUT2D eigenvalue weighted by atomic mass is 35.5. The van der Waals surface area contributed by atoms with Crippen molar-refractivity contribution in [2.75, 3.05) is 18.4 Å². The maximum atomic E-state index is 13.4. The predicted octanol–water partition coefficient (Wildman–Crippen LogP) is 5.29. The summed E-state index contributed by atoms with van der Waals surface area (Å²) in [6.45, 7) is 3.93. The van der Waals surface area contributed by atoms with Crippen LogP contribution in [-0.2, 0) is 14.8 Å². The van der Waals surface area contributed by atoms with Gasteiger partial charge in [-0.1, -0.05) is 52.7 Å². The molecule has 7 nitrogen and oxygen atoms in total. The van der Waals surface area contributed by atoms with Gasteiger partial charge in [0.25, 0.3) is 0 Å². The molecule has 2 heterocycles. The number of carbonyl (C=O) groups excluding carboxylic acids is 1. The van der Waals surface area contributed by atoms with Crippen molar-refractivity contribution in [2.24, 2.45) is 5.92 Å². The van der Waals surface area contributed by atoms with Gasteiger partial charge in [-0.2, -0.15) is 4.31 Å². The Morgan fingerprint density at radius 1 is 1.14 bits per heavy atom. The molecule has 1 aliphatic rings. The summed E-state index contributed by atoms with van der Waals surface area (Å²) in [6, 6.07) is 11.7. The highest BCUT2D eigenvalue weighted by Gasteiger charge is 2.36. The minimum absolute atomic E-state index is 0.0321. The molecule has 4 rings (SSSR count). The van der Waals surface area contributed by atoms with Gasteiger partial charge >= 0.3 is 0 Å². The monoisotopic (exact) mass is 517 g/mol. The molecule has 1 N–H and O–H groups in total. The Bertz CT molecular complexity index is 1360. The Morgan fingerprint density at radius 2 is 1.83 bits per heavy atom. The number of carbonyl (C=O) groups is 1. The molecule has 1 fully saturated rings. The second-order valence-corrected chi connectivity index (χ2v) is 10.8. The lowest BCUT2D eigenvalue weighted by molar-refractivity contribution is -0.120. The summed E-state index contributed by atoms with van der Waals surface area (Å²) in [6.07, 6.45) is 4.07. The van der Waals surface area contributed by atoms with Gasteiger partial charge in [-0.05, 0) is 56.5 Å². The Hall–Kier alpha value is -3.01. The number of piperidine rings is 1. The molecule has 1 aliphatic heterocycles. The number of aromatic nitrogens is 1. The third-order valence-corrected chi connectivity index (χ3v) is 8.29. The number of anilines is 1. The van der Waals surface area contributed by atoms with Crippen LogP contribution >= 0.6 is 11.6 Å². The molecule has 2 aromatic carbocycles. The summed E-state index contributed by atoms with van der Waals surface area (Å²) in [7, 11) is -3.87. The van der Waals surface area contributed by atoms with Crippen LogP contribution < -0.4 is 5.32 Å². The molecule has 0 aliphatic carbocycles. The topological polar surface area (TPSA) is 92.5 Å². The second kappa shape index (κ2) is 10.3. The summed E-state index contributed by atoms with van der Waals surface area (Å²) >= 11 is 5.77. The number of sulfonamides is 1. The lowest BCUT2D eigenvalue weighted by Crippen LogP contribution is -2.41. The number of nitrogens with zero attached hydrogens (tertiary/aromatic N) is 2. The molecule has 0 radical (unpaired) electrons. The Kier molecular flexibility index (Phi) is 7.39. The van der Waals surface area contributed by atoms with Crippen LogP contribution in [-0.4, -0.2) is 36.9 Å². The number of aryl methyl sites for hydroxylation is 2. The van der Waals surface area contributed by atoms with Gasteiger partial charge in [0.15, 0.2) is 10.7 Å². The minimum atomic E-state index is -3.87. The zero-order valence-corrected chi connectivity index (χ0v) is 20.9. The molecule has 3 aromatic rings. The quantitative estimate of drug-likeness (QED) is 0.479. The number of hydrogen-bond donors (Lipinski definition) is 1. The van der Waals surface area contributed by atoms with Crippen molar-refractivity contribution >= 4 is 45.4 Å². The van der Waals surface area contributed by atoms with Crippen LogP contribution in [0.2, 0.25) is 5.02 Å². The van der Waals surface area contributed by atoms with Gasteiger partial charge in [-0.3, -0.25) is 4.79 Å². The Labute approximate surface area is 208 Å². The number of nitrogens with one attached hydrogen (secondary N) is 1. The van der Waals surface area contributed by atoms with Crippen LogP contribution in [0.3, 0.4) is 0 Å². The van der Waals surface area contributed by atoms with Crippen molar-refractivity contribution in [2.45, 2.75) is 31.6 Å². The molecule has 35 heavy (non-hydrogen) atoms. The number of hydrogen-bond acceptors (Lipinski definition) is 5. The van der Waals surface area contributed by atoms with Crippen molar-refractivity contribution in [3.8, 4) is 0 Å². The van der Waals surface area contributed by atoms with E-state index in [0.29, 0.717) is 18.5 Å². The number of rotatable bonds is 6. The van der Waals surface area contributed by atoms with E-state index in [2.05, 4.69) is 10.5 Å². The zero-order chi connectivity index (χ0) is 25.2. The van der Waals surface area contributed by atoms with Crippen molar-refractivity contribution in [1.29, 1.82) is 0 Å². The molecule has 1 amide bonds. The van der Waals surface area contributed by atoms with Crippen LogP contribution in [0.1, 0.15) is 35.4 Å². The Balaban J connectivity index is 1.44. The van der Waals surface area contributed by atoms with E-state index in [9.17, 15) is 17.6 Å². The maximum Gasteiger partial charge on any atom is 0.248 e. The van der Waals surface area contributed by atoms with Crippen LogP contribution in [0.5, 0.6) is 0 Å². The van der Waals surface area contributed by atoms with Gasteiger partial charge in [-0.25, -0.2) is 12.8 Å². The first-order valence-corrected chi connectivity index (χ1v) is 12.9. The first kappa shape index (κ1) is 25.1. The normalized spacial score (nSPS) is 15.5. The van der Waals surface area contributed by atoms with Crippen molar-refractivity contribution in [3.63, 3.8) is 0 Å². The van der Waals surface area contributed by atoms with Gasteiger partial charge in [0, 0.05) is 24.7 Å². The molecule has 0 spiro atoms. The van der Waals surface area contributed by atoms with E-state index in [4.69, 9.17) is 16.1 Å². The van der Waals surface area contributed by atoms with Gasteiger partial charge in [0.2, 0.25) is 15.9 Å². The molecule has 1 aromatic heterocycles. The van der Waals surface area contributed by atoms with Crippen LogP contribution in [0.25, 0.3) is 12.2 Å². The van der Waals surface area contributed by atoms with E-state index in [0.717, 1.165) is 11.1 Å². The first-order valence-electron chi connectivity index (χ1n) is 11.1. The van der Waals surface area contributed by atoms with Crippen LogP contribution in [0.4, 0.5) is 10.1 Å². The summed E-state index contributed by atoms with van der Waals surface area (Å²) in [5, 5.41) is 6.51. The molecular weight excluding hydrogens is 493 g/mol. The average Bonchev–Trinajstić information content (AvgIpc) is 3.22. The molecule has 0 saturated carbocycles. The molecule has 0 unspecified atom stereocenters. The zero-order valence-electron chi connectivity index (χ0n) is 19.3. The van der Waals surface area contributed by atoms with Crippen molar-refractivity contribution < 1.29 is 22.1 Å². The predicted molar refractivity (Wildman–Crippen MR) is 133 cm³/mol. The van der Waals surface area contributed by atoms with Crippen molar-refractivity contribution in [3.05, 3.63) is 75.9 Å². The fraction of sp³-hybridized carbons (Fsp3) is 0.280. The summed E-state index contributed by atoms with van der Waals surface area (Å²) in [5.74, 6) is -1.04. The van der Waals surface area contributed by atoms with E-state index in [-0.39, 0.29) is 46.3 Å². The van der Waals surface area contributed by atoms with Gasteiger partial charge in [0.05, 0.1) is 5.02 Å². The van der Waals surface area contributed by atoms with Gasteiger partial charge in [-0.15, -0.1) is 0 Å². The number of amides is 1. The average molecular weight is 518 g/mol. The second-order valence-electron chi connectivity index (χ2n) is 8.50. The highest BCUT2D eigenvalue weighted by molar-refractivity contribution is 7.89. The number of benzene rings is 2. The molecule has 184 valence electrons. The van der Waals surface area contributed by atoms with Crippen LogP contribution in [0.15, 0.2) is 51.9 Å². The Morgan fingerprint density at radius 3 is 2.49 bits per heavy atom. The summed E-state index contributed by atoms with van der Waals surface area (Å²) in [4.78, 5) is 12.7. The largest absolute Gasteiger partial charge is 0.355 e. The molecule has 0 atom stereocenters. The van der Waals surface area contributed by atoms with E-state index in [1.54, 1.807) is 19.1 Å². The standard InChI is InChI=1S/C25H25ClFN3O4S/c1-16-3-5-18(6-4-16)7-10-23-24(17(2)29-34-23)35(32,33)30-13-11-19(12-14-30)25(31)28-20-8-9-22(27)21(26)15-20/h3-10,15,19H,11-14H2,1-2H3,(H,28,31)/b10-7+.